The van der Waals surface area contributed by atoms with Crippen molar-refractivity contribution in [1.82, 2.24) is 0 Å². The largest absolute Gasteiger partial charge is 0.478 e. The van der Waals surface area contributed by atoms with Crippen LogP contribution in [0.5, 0.6) is 0 Å². The van der Waals surface area contributed by atoms with Gasteiger partial charge < -0.3 is 15.3 Å². The molecule has 0 aromatic heterocycles. The van der Waals surface area contributed by atoms with E-state index in [1.807, 2.05) is 4.90 Å². The van der Waals surface area contributed by atoms with Gasteiger partial charge in [0.2, 0.25) is 5.91 Å². The zero-order valence-electron chi connectivity index (χ0n) is 13.5. The lowest BCUT2D eigenvalue weighted by Gasteiger charge is -2.26. The Morgan fingerprint density at radius 2 is 1.72 bits per heavy atom. The Labute approximate surface area is 143 Å². The van der Waals surface area contributed by atoms with E-state index >= 15 is 0 Å². The van der Waals surface area contributed by atoms with Crippen molar-refractivity contribution in [1.29, 1.82) is 0 Å². The van der Waals surface area contributed by atoms with Crippen LogP contribution in [0, 0.1) is 0 Å². The SMILES string of the molecule is O=C(O)/C=C\C(=O)Nc1cc(C(F)(F)F)ccc1N1CCCCCC1. The minimum atomic E-state index is -4.53. The summed E-state index contributed by atoms with van der Waals surface area (Å²) >= 11 is 0. The number of carbonyl (C=O) groups is 2. The van der Waals surface area contributed by atoms with Gasteiger partial charge in [0.1, 0.15) is 0 Å². The highest BCUT2D eigenvalue weighted by Crippen LogP contribution is 2.36. The second kappa shape index (κ2) is 8.04. The zero-order valence-corrected chi connectivity index (χ0v) is 13.5. The van der Waals surface area contributed by atoms with E-state index in [-0.39, 0.29) is 5.69 Å². The number of alkyl halides is 3. The third-order valence-electron chi connectivity index (χ3n) is 3.91. The molecule has 1 aliphatic heterocycles. The zero-order chi connectivity index (χ0) is 18.4. The second-order valence-electron chi connectivity index (χ2n) is 5.79. The van der Waals surface area contributed by atoms with Crippen LogP contribution in [0.4, 0.5) is 24.5 Å². The number of carboxylic acid groups (broad SMARTS) is 1. The molecule has 5 nitrogen and oxygen atoms in total. The molecular formula is C17H19F3N2O3. The van der Waals surface area contributed by atoms with Gasteiger partial charge in [-0.1, -0.05) is 12.8 Å². The molecule has 1 fully saturated rings. The molecule has 8 heteroatoms. The van der Waals surface area contributed by atoms with Gasteiger partial charge in [0, 0.05) is 25.2 Å². The number of hydrogen-bond acceptors (Lipinski definition) is 3. The molecule has 2 N–H and O–H groups in total. The highest BCUT2D eigenvalue weighted by molar-refractivity contribution is 6.04. The summed E-state index contributed by atoms with van der Waals surface area (Å²) < 4.78 is 38.9. The van der Waals surface area contributed by atoms with Crippen LogP contribution in [0.15, 0.2) is 30.4 Å². The van der Waals surface area contributed by atoms with Gasteiger partial charge in [-0.25, -0.2) is 4.79 Å². The maximum atomic E-state index is 13.0. The molecule has 0 unspecified atom stereocenters. The van der Waals surface area contributed by atoms with Crippen molar-refractivity contribution in [2.75, 3.05) is 23.3 Å². The summed E-state index contributed by atoms with van der Waals surface area (Å²) in [5, 5.41) is 10.9. The minimum Gasteiger partial charge on any atom is -0.478 e. The predicted octanol–water partition coefficient (Wildman–Crippen LogP) is 3.67. The number of carbonyl (C=O) groups excluding carboxylic acids is 1. The number of anilines is 2. The van der Waals surface area contributed by atoms with Crippen molar-refractivity contribution < 1.29 is 27.9 Å². The second-order valence-corrected chi connectivity index (χ2v) is 5.79. The molecule has 25 heavy (non-hydrogen) atoms. The van der Waals surface area contributed by atoms with Gasteiger partial charge in [-0.3, -0.25) is 4.79 Å². The van der Waals surface area contributed by atoms with Gasteiger partial charge in [0.25, 0.3) is 0 Å². The van der Waals surface area contributed by atoms with Crippen LogP contribution in [-0.2, 0) is 15.8 Å². The molecule has 2 rings (SSSR count). The maximum absolute atomic E-state index is 13.0. The summed E-state index contributed by atoms with van der Waals surface area (Å²) in [6.45, 7) is 1.39. The quantitative estimate of drug-likeness (QED) is 0.808. The fourth-order valence-corrected chi connectivity index (χ4v) is 2.72. The van der Waals surface area contributed by atoms with Crippen LogP contribution in [-0.4, -0.2) is 30.1 Å². The van der Waals surface area contributed by atoms with E-state index in [1.54, 1.807) is 0 Å². The molecule has 1 aliphatic rings. The number of amides is 1. The molecule has 1 aromatic carbocycles. The van der Waals surface area contributed by atoms with Crippen molar-refractivity contribution in [3.05, 3.63) is 35.9 Å². The molecule has 0 radical (unpaired) electrons. The van der Waals surface area contributed by atoms with Crippen LogP contribution in [0.3, 0.4) is 0 Å². The van der Waals surface area contributed by atoms with Crippen LogP contribution in [0.2, 0.25) is 0 Å². The van der Waals surface area contributed by atoms with Gasteiger partial charge >= 0.3 is 12.1 Å². The first-order valence-corrected chi connectivity index (χ1v) is 7.95. The summed E-state index contributed by atoms with van der Waals surface area (Å²) in [6, 6.07) is 3.22. The molecular weight excluding hydrogens is 337 g/mol. The van der Waals surface area contributed by atoms with Crippen LogP contribution in [0.1, 0.15) is 31.2 Å². The van der Waals surface area contributed by atoms with Gasteiger partial charge in [0.15, 0.2) is 0 Å². The first-order chi connectivity index (χ1) is 11.8. The van der Waals surface area contributed by atoms with E-state index in [2.05, 4.69) is 5.32 Å². The normalized spacial score (nSPS) is 15.9. The smallest absolute Gasteiger partial charge is 0.416 e. The Kier molecular flexibility index (Phi) is 6.06. The van der Waals surface area contributed by atoms with E-state index in [0.717, 1.165) is 43.9 Å². The fourth-order valence-electron chi connectivity index (χ4n) is 2.72. The van der Waals surface area contributed by atoms with Crippen molar-refractivity contribution in [2.24, 2.45) is 0 Å². The monoisotopic (exact) mass is 356 g/mol. The maximum Gasteiger partial charge on any atom is 0.416 e. The van der Waals surface area contributed by atoms with E-state index in [4.69, 9.17) is 5.11 Å². The van der Waals surface area contributed by atoms with Crippen molar-refractivity contribution in [3.8, 4) is 0 Å². The van der Waals surface area contributed by atoms with Crippen molar-refractivity contribution in [3.63, 3.8) is 0 Å². The average Bonchev–Trinajstić information content (AvgIpc) is 2.81. The molecule has 136 valence electrons. The molecule has 1 saturated heterocycles. The molecule has 1 heterocycles. The Morgan fingerprint density at radius 3 is 2.28 bits per heavy atom. The molecule has 1 amide bonds. The number of hydrogen-bond donors (Lipinski definition) is 2. The third-order valence-corrected chi connectivity index (χ3v) is 3.91. The highest BCUT2D eigenvalue weighted by Gasteiger charge is 2.31. The van der Waals surface area contributed by atoms with Gasteiger partial charge in [-0.05, 0) is 31.0 Å². The lowest BCUT2D eigenvalue weighted by Crippen LogP contribution is -2.26. The Balaban J connectivity index is 2.33. The molecule has 0 saturated carbocycles. The summed E-state index contributed by atoms with van der Waals surface area (Å²) in [7, 11) is 0. The number of nitrogens with zero attached hydrogens (tertiary/aromatic N) is 1. The summed E-state index contributed by atoms with van der Waals surface area (Å²) in [4.78, 5) is 24.2. The van der Waals surface area contributed by atoms with Gasteiger partial charge in [-0.2, -0.15) is 13.2 Å². The third kappa shape index (κ3) is 5.51. The predicted molar refractivity (Wildman–Crippen MR) is 87.5 cm³/mol. The number of nitrogens with one attached hydrogen (secondary N) is 1. The average molecular weight is 356 g/mol. The minimum absolute atomic E-state index is 0.0248. The number of aliphatic carboxylic acids is 1. The first kappa shape index (κ1) is 18.8. The Morgan fingerprint density at radius 1 is 1.08 bits per heavy atom. The number of carboxylic acids is 1. The number of benzene rings is 1. The van der Waals surface area contributed by atoms with Gasteiger partial charge in [-0.15, -0.1) is 0 Å². The lowest BCUT2D eigenvalue weighted by atomic mass is 10.1. The summed E-state index contributed by atoms with van der Waals surface area (Å²) in [6.07, 6.45) is 0.831. The van der Waals surface area contributed by atoms with Crippen LogP contribution in [0.25, 0.3) is 0 Å². The van der Waals surface area contributed by atoms with Crippen molar-refractivity contribution >= 4 is 23.3 Å². The van der Waals surface area contributed by atoms with E-state index in [0.29, 0.717) is 24.9 Å². The molecule has 0 bridgehead atoms. The van der Waals surface area contributed by atoms with Crippen LogP contribution < -0.4 is 10.2 Å². The number of rotatable bonds is 4. The Bertz CT molecular complexity index is 664. The van der Waals surface area contributed by atoms with E-state index in [1.165, 1.54) is 6.07 Å². The summed E-state index contributed by atoms with van der Waals surface area (Å²) in [5.74, 6) is -2.11. The van der Waals surface area contributed by atoms with Crippen LogP contribution >= 0.6 is 0 Å². The van der Waals surface area contributed by atoms with Gasteiger partial charge in [0.05, 0.1) is 16.9 Å². The first-order valence-electron chi connectivity index (χ1n) is 7.95. The highest BCUT2D eigenvalue weighted by atomic mass is 19.4. The molecule has 0 spiro atoms. The van der Waals surface area contributed by atoms with E-state index in [9.17, 15) is 22.8 Å². The molecule has 0 atom stereocenters. The molecule has 0 aliphatic carbocycles. The number of halogens is 3. The fraction of sp³-hybridized carbons (Fsp3) is 0.412. The van der Waals surface area contributed by atoms with E-state index < -0.39 is 23.6 Å². The lowest BCUT2D eigenvalue weighted by molar-refractivity contribution is -0.137. The van der Waals surface area contributed by atoms with Crippen molar-refractivity contribution in [2.45, 2.75) is 31.9 Å². The topological polar surface area (TPSA) is 69.6 Å². The molecule has 1 aromatic rings. The summed E-state index contributed by atoms with van der Waals surface area (Å²) in [5.41, 5.74) is -0.340. The Hall–Kier alpha value is -2.51. The standard InChI is InChI=1S/C17H19F3N2O3/c18-17(19,20)12-5-6-14(22-9-3-1-2-4-10-22)13(11-12)21-15(23)7-8-16(24)25/h5-8,11H,1-4,9-10H2,(H,21,23)(H,24,25)/b8-7-.